The van der Waals surface area contributed by atoms with Gasteiger partial charge >= 0.3 is 5.97 Å². The topological polar surface area (TPSA) is 52.6 Å². The van der Waals surface area contributed by atoms with Gasteiger partial charge < -0.3 is 9.47 Å². The summed E-state index contributed by atoms with van der Waals surface area (Å²) in [7, 11) is 0. The SMILES string of the molecule is C=C(C)C.C=C(C)C(=O)Oc1ccc(-c2ccc(OC=O)cc2)cc1. The van der Waals surface area contributed by atoms with Crippen LogP contribution in [0.1, 0.15) is 20.8 Å². The molecule has 0 amide bonds. The van der Waals surface area contributed by atoms with Crippen LogP contribution in [0.25, 0.3) is 11.1 Å². The summed E-state index contributed by atoms with van der Waals surface area (Å²) in [4.78, 5) is 21.6. The summed E-state index contributed by atoms with van der Waals surface area (Å²) in [5.74, 6) is 0.506. The highest BCUT2D eigenvalue weighted by Crippen LogP contribution is 2.24. The van der Waals surface area contributed by atoms with Crippen LogP contribution in [0.15, 0.2) is 72.8 Å². The van der Waals surface area contributed by atoms with Gasteiger partial charge in [-0.2, -0.15) is 0 Å². The fraction of sp³-hybridized carbons (Fsp3) is 0.143. The largest absolute Gasteiger partial charge is 0.429 e. The van der Waals surface area contributed by atoms with E-state index in [-0.39, 0.29) is 0 Å². The molecule has 0 fully saturated rings. The predicted molar refractivity (Wildman–Crippen MR) is 99.5 cm³/mol. The molecule has 2 rings (SSSR count). The lowest BCUT2D eigenvalue weighted by Gasteiger charge is -2.06. The molecule has 0 N–H and O–H groups in total. The number of allylic oxidation sites excluding steroid dienone is 1. The van der Waals surface area contributed by atoms with Gasteiger partial charge in [-0.1, -0.05) is 36.4 Å². The third-order valence-corrected chi connectivity index (χ3v) is 2.79. The van der Waals surface area contributed by atoms with Crippen molar-refractivity contribution in [3.63, 3.8) is 0 Å². The van der Waals surface area contributed by atoms with Crippen molar-refractivity contribution in [3.05, 3.63) is 72.8 Å². The molecule has 0 aliphatic carbocycles. The van der Waals surface area contributed by atoms with Crippen LogP contribution in [-0.4, -0.2) is 12.4 Å². The molecule has 0 unspecified atom stereocenters. The first-order chi connectivity index (χ1) is 11.8. The van der Waals surface area contributed by atoms with Crippen LogP contribution in [0.3, 0.4) is 0 Å². The molecule has 0 saturated carbocycles. The maximum atomic E-state index is 11.4. The average Bonchev–Trinajstić information content (AvgIpc) is 2.56. The van der Waals surface area contributed by atoms with Crippen LogP contribution in [0.5, 0.6) is 11.5 Å². The number of carbonyl (C=O) groups excluding carboxylic acids is 2. The molecule has 0 atom stereocenters. The maximum absolute atomic E-state index is 11.4. The van der Waals surface area contributed by atoms with Crippen LogP contribution in [-0.2, 0) is 9.59 Å². The molecule has 25 heavy (non-hydrogen) atoms. The summed E-state index contributed by atoms with van der Waals surface area (Å²) >= 11 is 0. The number of hydrogen-bond acceptors (Lipinski definition) is 4. The van der Waals surface area contributed by atoms with E-state index in [1.807, 2.05) is 38.1 Å². The zero-order valence-corrected chi connectivity index (χ0v) is 14.7. The Labute approximate surface area is 148 Å². The molecular weight excluding hydrogens is 316 g/mol. The van der Waals surface area contributed by atoms with Gasteiger partial charge in [0.15, 0.2) is 0 Å². The summed E-state index contributed by atoms with van der Waals surface area (Å²) in [5, 5.41) is 0. The first kappa shape index (κ1) is 19.9. The summed E-state index contributed by atoms with van der Waals surface area (Å²) in [6.45, 7) is 13.0. The quantitative estimate of drug-likeness (QED) is 0.254. The summed E-state index contributed by atoms with van der Waals surface area (Å²) in [6.07, 6.45) is 0. The van der Waals surface area contributed by atoms with Gasteiger partial charge in [0.05, 0.1) is 0 Å². The van der Waals surface area contributed by atoms with Gasteiger partial charge in [-0.05, 0) is 56.2 Å². The van der Waals surface area contributed by atoms with Gasteiger partial charge in [0.2, 0.25) is 0 Å². The molecule has 4 nitrogen and oxygen atoms in total. The van der Waals surface area contributed by atoms with E-state index in [9.17, 15) is 9.59 Å². The first-order valence-corrected chi connectivity index (χ1v) is 7.64. The second-order valence-corrected chi connectivity index (χ2v) is 5.64. The zero-order chi connectivity index (χ0) is 18.8. The molecule has 0 saturated heterocycles. The summed E-state index contributed by atoms with van der Waals surface area (Å²) < 4.78 is 9.86. The van der Waals surface area contributed by atoms with Crippen LogP contribution < -0.4 is 9.47 Å². The van der Waals surface area contributed by atoms with Gasteiger partial charge in [0.25, 0.3) is 6.47 Å². The van der Waals surface area contributed by atoms with Crippen LogP contribution in [0.4, 0.5) is 0 Å². The molecule has 4 heteroatoms. The normalized spacial score (nSPS) is 9.24. The molecule has 0 aromatic heterocycles. The van der Waals surface area contributed by atoms with E-state index in [1.54, 1.807) is 31.2 Å². The van der Waals surface area contributed by atoms with E-state index in [1.165, 1.54) is 5.57 Å². The molecule has 0 aliphatic rings. The van der Waals surface area contributed by atoms with Crippen molar-refractivity contribution in [1.82, 2.24) is 0 Å². The highest BCUT2D eigenvalue weighted by Gasteiger charge is 2.05. The van der Waals surface area contributed by atoms with Crippen LogP contribution >= 0.6 is 0 Å². The lowest BCUT2D eigenvalue weighted by molar-refractivity contribution is -0.130. The second-order valence-electron chi connectivity index (χ2n) is 5.64. The number of hydrogen-bond donors (Lipinski definition) is 0. The van der Waals surface area contributed by atoms with Gasteiger partial charge in [0.1, 0.15) is 11.5 Å². The third kappa shape index (κ3) is 7.31. The van der Waals surface area contributed by atoms with Gasteiger partial charge in [-0.3, -0.25) is 4.79 Å². The van der Waals surface area contributed by atoms with E-state index in [4.69, 9.17) is 9.47 Å². The molecule has 0 heterocycles. The average molecular weight is 338 g/mol. The van der Waals surface area contributed by atoms with E-state index in [0.717, 1.165) is 11.1 Å². The Kier molecular flexibility index (Phi) is 7.87. The lowest BCUT2D eigenvalue weighted by atomic mass is 10.1. The second kappa shape index (κ2) is 9.88. The number of rotatable bonds is 5. The van der Waals surface area contributed by atoms with Gasteiger partial charge in [-0.15, -0.1) is 6.58 Å². The van der Waals surface area contributed by atoms with E-state index in [2.05, 4.69) is 13.2 Å². The number of esters is 1. The fourth-order valence-corrected chi connectivity index (χ4v) is 1.69. The fourth-order valence-electron chi connectivity index (χ4n) is 1.69. The molecule has 0 bridgehead atoms. The number of carbonyl (C=O) groups is 2. The molecular formula is C21H22O4. The lowest BCUT2D eigenvalue weighted by Crippen LogP contribution is -2.07. The maximum Gasteiger partial charge on any atom is 0.338 e. The minimum atomic E-state index is -0.446. The number of benzene rings is 2. The van der Waals surface area contributed by atoms with Crippen molar-refractivity contribution in [3.8, 4) is 22.6 Å². The molecule has 0 radical (unpaired) electrons. The molecule has 0 aliphatic heterocycles. The Morgan fingerprint density at radius 3 is 1.60 bits per heavy atom. The Balaban J connectivity index is 0.000000705. The Morgan fingerprint density at radius 1 is 0.840 bits per heavy atom. The van der Waals surface area contributed by atoms with E-state index in [0.29, 0.717) is 23.5 Å². The smallest absolute Gasteiger partial charge is 0.338 e. The van der Waals surface area contributed by atoms with Crippen molar-refractivity contribution >= 4 is 12.4 Å². The van der Waals surface area contributed by atoms with E-state index >= 15 is 0 Å². The van der Waals surface area contributed by atoms with E-state index < -0.39 is 5.97 Å². The van der Waals surface area contributed by atoms with Crippen molar-refractivity contribution in [2.75, 3.05) is 0 Å². The monoisotopic (exact) mass is 338 g/mol. The standard InChI is InChI=1S/C17H14O4.C4H8/c1-12(2)17(19)21-16-9-5-14(6-10-16)13-3-7-15(8-4-13)20-11-18;1-4(2)3/h3-11H,1H2,2H3;1H2,2-3H3. The summed E-state index contributed by atoms with van der Waals surface area (Å²) in [5.41, 5.74) is 3.44. The Bertz CT molecular complexity index is 736. The van der Waals surface area contributed by atoms with Crippen LogP contribution in [0.2, 0.25) is 0 Å². The van der Waals surface area contributed by atoms with Gasteiger partial charge in [-0.25, -0.2) is 4.79 Å². The Morgan fingerprint density at radius 2 is 1.24 bits per heavy atom. The minimum absolute atomic E-state index is 0.352. The van der Waals surface area contributed by atoms with Gasteiger partial charge in [0, 0.05) is 5.57 Å². The van der Waals surface area contributed by atoms with Crippen molar-refractivity contribution in [2.24, 2.45) is 0 Å². The minimum Gasteiger partial charge on any atom is -0.429 e. The highest BCUT2D eigenvalue weighted by molar-refractivity contribution is 5.88. The first-order valence-electron chi connectivity index (χ1n) is 7.64. The zero-order valence-electron chi connectivity index (χ0n) is 14.7. The molecule has 2 aromatic rings. The highest BCUT2D eigenvalue weighted by atomic mass is 16.5. The molecule has 2 aromatic carbocycles. The third-order valence-electron chi connectivity index (χ3n) is 2.79. The Hall–Kier alpha value is -3.14. The van der Waals surface area contributed by atoms with Crippen molar-refractivity contribution in [1.29, 1.82) is 0 Å². The van der Waals surface area contributed by atoms with Crippen molar-refractivity contribution in [2.45, 2.75) is 20.8 Å². The molecule has 0 spiro atoms. The van der Waals surface area contributed by atoms with Crippen molar-refractivity contribution < 1.29 is 19.1 Å². The molecule has 130 valence electrons. The van der Waals surface area contributed by atoms with Crippen LogP contribution in [0, 0.1) is 0 Å². The summed E-state index contributed by atoms with van der Waals surface area (Å²) in [6, 6.07) is 14.2. The predicted octanol–water partition coefficient (Wildman–Crippen LogP) is 4.95. The number of ether oxygens (including phenoxy) is 2.